The molecular weight excluding hydrogens is 318 g/mol. The summed E-state index contributed by atoms with van der Waals surface area (Å²) in [5.74, 6) is 0.844. The van der Waals surface area contributed by atoms with Crippen LogP contribution in [0.1, 0.15) is 16.8 Å². The highest BCUT2D eigenvalue weighted by Gasteiger charge is 2.17. The number of aromatic carboxylic acids is 1. The van der Waals surface area contributed by atoms with Crippen molar-refractivity contribution < 1.29 is 14.6 Å². The molecule has 0 radical (unpaired) electrons. The van der Waals surface area contributed by atoms with Crippen molar-refractivity contribution in [1.82, 2.24) is 9.88 Å². The van der Waals surface area contributed by atoms with Crippen LogP contribution in [0.2, 0.25) is 0 Å². The summed E-state index contributed by atoms with van der Waals surface area (Å²) in [6.45, 7) is 5.69. The molecular formula is C19H23N3O3. The lowest BCUT2D eigenvalue weighted by Gasteiger charge is -2.35. The van der Waals surface area contributed by atoms with Crippen LogP contribution >= 0.6 is 0 Å². The summed E-state index contributed by atoms with van der Waals surface area (Å²) in [5, 5.41) is 8.87. The van der Waals surface area contributed by atoms with Gasteiger partial charge < -0.3 is 14.7 Å². The number of benzene rings is 1. The van der Waals surface area contributed by atoms with E-state index in [0.717, 1.165) is 45.0 Å². The maximum Gasteiger partial charge on any atom is 0.335 e. The molecule has 1 aromatic heterocycles. The van der Waals surface area contributed by atoms with E-state index in [-0.39, 0.29) is 5.56 Å². The van der Waals surface area contributed by atoms with Crippen molar-refractivity contribution in [3.8, 4) is 5.75 Å². The molecule has 1 aliphatic rings. The Balaban J connectivity index is 1.34. The SMILES string of the molecule is O=C(O)c1ccc(OCCCN2CCN(c3ccccn3)CC2)cc1. The smallest absolute Gasteiger partial charge is 0.335 e. The highest BCUT2D eigenvalue weighted by atomic mass is 16.5. The van der Waals surface area contributed by atoms with Crippen molar-refractivity contribution in [2.75, 3.05) is 44.2 Å². The second-order valence-corrected chi connectivity index (χ2v) is 6.05. The number of anilines is 1. The van der Waals surface area contributed by atoms with Gasteiger partial charge in [0.25, 0.3) is 0 Å². The number of hydrogen-bond donors (Lipinski definition) is 1. The summed E-state index contributed by atoms with van der Waals surface area (Å²) in [7, 11) is 0. The lowest BCUT2D eigenvalue weighted by Crippen LogP contribution is -2.47. The van der Waals surface area contributed by atoms with Crippen LogP contribution in [0.15, 0.2) is 48.7 Å². The highest BCUT2D eigenvalue weighted by molar-refractivity contribution is 5.87. The van der Waals surface area contributed by atoms with Crippen molar-refractivity contribution in [1.29, 1.82) is 0 Å². The summed E-state index contributed by atoms with van der Waals surface area (Å²) >= 11 is 0. The molecule has 6 nitrogen and oxygen atoms in total. The van der Waals surface area contributed by atoms with Crippen molar-refractivity contribution in [2.45, 2.75) is 6.42 Å². The molecule has 2 aromatic rings. The van der Waals surface area contributed by atoms with Crippen LogP contribution in [0, 0.1) is 0 Å². The van der Waals surface area contributed by atoms with Gasteiger partial charge in [-0.25, -0.2) is 9.78 Å². The Hall–Kier alpha value is -2.60. The zero-order valence-electron chi connectivity index (χ0n) is 14.2. The van der Waals surface area contributed by atoms with Crippen LogP contribution < -0.4 is 9.64 Å². The monoisotopic (exact) mass is 341 g/mol. The second-order valence-electron chi connectivity index (χ2n) is 6.05. The quantitative estimate of drug-likeness (QED) is 0.780. The molecule has 3 rings (SSSR count). The van der Waals surface area contributed by atoms with Gasteiger partial charge in [0, 0.05) is 38.9 Å². The minimum Gasteiger partial charge on any atom is -0.494 e. The van der Waals surface area contributed by atoms with Gasteiger partial charge in [-0.2, -0.15) is 0 Å². The molecule has 132 valence electrons. The molecule has 2 heterocycles. The van der Waals surface area contributed by atoms with Crippen LogP contribution in [0.5, 0.6) is 5.75 Å². The van der Waals surface area contributed by atoms with Gasteiger partial charge in [0.1, 0.15) is 11.6 Å². The number of carbonyl (C=O) groups is 1. The van der Waals surface area contributed by atoms with E-state index in [9.17, 15) is 4.79 Å². The average Bonchev–Trinajstić information content (AvgIpc) is 2.67. The van der Waals surface area contributed by atoms with Crippen LogP contribution in [0.4, 0.5) is 5.82 Å². The number of carboxylic acids is 1. The Morgan fingerprint density at radius 2 is 1.84 bits per heavy atom. The van der Waals surface area contributed by atoms with Crippen molar-refractivity contribution in [2.24, 2.45) is 0 Å². The van der Waals surface area contributed by atoms with E-state index in [1.807, 2.05) is 18.3 Å². The number of piperazine rings is 1. The van der Waals surface area contributed by atoms with Crippen molar-refractivity contribution in [3.05, 3.63) is 54.2 Å². The van der Waals surface area contributed by atoms with E-state index in [2.05, 4.69) is 20.9 Å². The molecule has 0 amide bonds. The normalized spacial score (nSPS) is 15.1. The summed E-state index contributed by atoms with van der Waals surface area (Å²) in [5.41, 5.74) is 0.276. The van der Waals surface area contributed by atoms with E-state index in [0.29, 0.717) is 12.4 Å². The fourth-order valence-electron chi connectivity index (χ4n) is 2.91. The van der Waals surface area contributed by atoms with Gasteiger partial charge in [-0.1, -0.05) is 6.07 Å². The Morgan fingerprint density at radius 1 is 1.08 bits per heavy atom. The molecule has 0 unspecified atom stereocenters. The summed E-state index contributed by atoms with van der Waals surface area (Å²) < 4.78 is 5.68. The predicted molar refractivity (Wildman–Crippen MR) is 96.4 cm³/mol. The zero-order chi connectivity index (χ0) is 17.5. The molecule has 1 saturated heterocycles. The van der Waals surface area contributed by atoms with Gasteiger partial charge >= 0.3 is 5.97 Å². The van der Waals surface area contributed by atoms with Crippen molar-refractivity contribution in [3.63, 3.8) is 0 Å². The molecule has 0 saturated carbocycles. The van der Waals surface area contributed by atoms with E-state index in [1.165, 1.54) is 0 Å². The Labute approximate surface area is 147 Å². The molecule has 0 bridgehead atoms. The fourth-order valence-corrected chi connectivity index (χ4v) is 2.91. The Kier molecular flexibility index (Phi) is 5.85. The molecule has 1 aromatic carbocycles. The van der Waals surface area contributed by atoms with Crippen LogP contribution in [-0.4, -0.2) is 60.3 Å². The van der Waals surface area contributed by atoms with Gasteiger partial charge in [-0.3, -0.25) is 4.90 Å². The minimum atomic E-state index is -0.920. The topological polar surface area (TPSA) is 65.9 Å². The number of ether oxygens (including phenoxy) is 1. The molecule has 1 fully saturated rings. The van der Waals surface area contributed by atoms with Crippen LogP contribution in [-0.2, 0) is 0 Å². The van der Waals surface area contributed by atoms with Crippen molar-refractivity contribution >= 4 is 11.8 Å². The fraction of sp³-hybridized carbons (Fsp3) is 0.368. The largest absolute Gasteiger partial charge is 0.494 e. The second kappa shape index (κ2) is 8.48. The Morgan fingerprint density at radius 3 is 2.48 bits per heavy atom. The van der Waals surface area contributed by atoms with E-state index in [4.69, 9.17) is 9.84 Å². The maximum absolute atomic E-state index is 10.8. The molecule has 6 heteroatoms. The molecule has 0 atom stereocenters. The Bertz CT molecular complexity index is 668. The lowest BCUT2D eigenvalue weighted by molar-refractivity contribution is 0.0697. The third-order valence-corrected chi connectivity index (χ3v) is 4.33. The van der Waals surface area contributed by atoms with E-state index < -0.39 is 5.97 Å². The number of aromatic nitrogens is 1. The first kappa shape index (κ1) is 17.2. The van der Waals surface area contributed by atoms with Crippen LogP contribution in [0.3, 0.4) is 0 Å². The number of pyridine rings is 1. The molecule has 1 N–H and O–H groups in total. The third-order valence-electron chi connectivity index (χ3n) is 4.33. The lowest BCUT2D eigenvalue weighted by atomic mass is 10.2. The third kappa shape index (κ3) is 4.93. The van der Waals surface area contributed by atoms with Gasteiger partial charge in [-0.15, -0.1) is 0 Å². The van der Waals surface area contributed by atoms with Gasteiger partial charge in [0.15, 0.2) is 0 Å². The molecule has 0 aliphatic carbocycles. The standard InChI is InChI=1S/C19H23N3O3/c23-19(24)16-5-7-17(8-6-16)25-15-3-10-21-11-13-22(14-12-21)18-4-1-2-9-20-18/h1-2,4-9H,3,10-15H2,(H,23,24). The molecule has 0 spiro atoms. The number of rotatable bonds is 7. The number of hydrogen-bond acceptors (Lipinski definition) is 5. The highest BCUT2D eigenvalue weighted by Crippen LogP contribution is 2.14. The first-order chi connectivity index (χ1) is 12.2. The van der Waals surface area contributed by atoms with Gasteiger partial charge in [-0.05, 0) is 42.8 Å². The molecule has 25 heavy (non-hydrogen) atoms. The minimum absolute atomic E-state index is 0.276. The van der Waals surface area contributed by atoms with Crippen LogP contribution in [0.25, 0.3) is 0 Å². The van der Waals surface area contributed by atoms with Gasteiger partial charge in [0.05, 0.1) is 12.2 Å². The number of nitrogens with zero attached hydrogens (tertiary/aromatic N) is 3. The predicted octanol–water partition coefficient (Wildman–Crippen LogP) is 2.37. The van der Waals surface area contributed by atoms with E-state index in [1.54, 1.807) is 24.3 Å². The van der Waals surface area contributed by atoms with Gasteiger partial charge in [0.2, 0.25) is 0 Å². The first-order valence-electron chi connectivity index (χ1n) is 8.57. The zero-order valence-corrected chi connectivity index (χ0v) is 14.2. The summed E-state index contributed by atoms with van der Waals surface area (Å²) in [6.07, 6.45) is 2.78. The summed E-state index contributed by atoms with van der Waals surface area (Å²) in [4.78, 5) is 20.0. The first-order valence-corrected chi connectivity index (χ1v) is 8.57. The summed E-state index contributed by atoms with van der Waals surface area (Å²) in [6, 6.07) is 12.6. The maximum atomic E-state index is 10.8. The number of carboxylic acid groups (broad SMARTS) is 1. The molecule has 1 aliphatic heterocycles. The van der Waals surface area contributed by atoms with E-state index >= 15 is 0 Å². The average molecular weight is 341 g/mol.